The van der Waals surface area contributed by atoms with E-state index < -0.39 is 17.9 Å². The zero-order valence-corrected chi connectivity index (χ0v) is 25.4. The molecule has 1 amide bonds. The number of β-amino-alcohol motifs (C(OH)–C–C–N with tert-alkyl or cyclic N) is 1. The number of likely N-dealkylation sites (tertiary alicyclic amines) is 1. The summed E-state index contributed by atoms with van der Waals surface area (Å²) in [5.74, 6) is 1.11. The van der Waals surface area contributed by atoms with Gasteiger partial charge >= 0.3 is 6.36 Å². The number of benzene rings is 2. The number of methoxy groups -OCH3 is 1. The largest absolute Gasteiger partial charge is 0.573 e. The SMILES string of the molecule is COc1ccc(CCN2C[C@H](O)C(C)(C)COCCC[C@H]3CN(Cc4ccc(OC(F)(F)F)cc4)CC[C@H]3CC2=O)cc1. The van der Waals surface area contributed by atoms with Crippen LogP contribution < -0.4 is 9.47 Å². The lowest BCUT2D eigenvalue weighted by molar-refractivity contribution is -0.274. The second kappa shape index (κ2) is 14.8. The van der Waals surface area contributed by atoms with Crippen molar-refractivity contribution in [3.8, 4) is 11.5 Å². The highest BCUT2D eigenvalue weighted by atomic mass is 19.4. The summed E-state index contributed by atoms with van der Waals surface area (Å²) in [5.41, 5.74) is 1.51. The Morgan fingerprint density at radius 1 is 0.977 bits per heavy atom. The van der Waals surface area contributed by atoms with E-state index in [9.17, 15) is 23.1 Å². The minimum absolute atomic E-state index is 0.0623. The van der Waals surface area contributed by atoms with Crippen molar-refractivity contribution in [2.75, 3.05) is 46.5 Å². The van der Waals surface area contributed by atoms with Crippen LogP contribution in [-0.2, 0) is 22.5 Å². The molecule has 2 heterocycles. The van der Waals surface area contributed by atoms with E-state index >= 15 is 0 Å². The van der Waals surface area contributed by atoms with Crippen LogP contribution in [0.1, 0.15) is 50.7 Å². The van der Waals surface area contributed by atoms with Gasteiger partial charge < -0.3 is 24.2 Å². The van der Waals surface area contributed by atoms with E-state index in [2.05, 4.69) is 9.64 Å². The van der Waals surface area contributed by atoms with Gasteiger partial charge in [0.2, 0.25) is 5.91 Å². The molecule has 2 fully saturated rings. The van der Waals surface area contributed by atoms with E-state index in [1.165, 1.54) is 12.1 Å². The van der Waals surface area contributed by atoms with Crippen molar-refractivity contribution in [2.24, 2.45) is 17.3 Å². The highest BCUT2D eigenvalue weighted by molar-refractivity contribution is 5.76. The van der Waals surface area contributed by atoms with E-state index in [4.69, 9.17) is 9.47 Å². The van der Waals surface area contributed by atoms with Gasteiger partial charge in [-0.3, -0.25) is 9.69 Å². The molecule has 0 radical (unpaired) electrons. The van der Waals surface area contributed by atoms with Crippen LogP contribution in [0.2, 0.25) is 0 Å². The Bertz CT molecular complexity index is 1160. The maximum absolute atomic E-state index is 13.8. The molecule has 238 valence electrons. The summed E-state index contributed by atoms with van der Waals surface area (Å²) in [6, 6.07) is 13.9. The van der Waals surface area contributed by atoms with Crippen molar-refractivity contribution in [2.45, 2.75) is 65.0 Å². The maximum atomic E-state index is 13.8. The quantitative estimate of drug-likeness (QED) is 0.437. The summed E-state index contributed by atoms with van der Waals surface area (Å²) in [5, 5.41) is 11.2. The highest BCUT2D eigenvalue weighted by Crippen LogP contribution is 2.33. The molecule has 0 spiro atoms. The summed E-state index contributed by atoms with van der Waals surface area (Å²) in [7, 11) is 1.63. The first kappa shape index (κ1) is 33.1. The number of nitrogens with zero attached hydrogens (tertiary/aromatic N) is 2. The molecule has 2 aliphatic heterocycles. The second-order valence-corrected chi connectivity index (χ2v) is 12.6. The molecule has 4 rings (SSSR count). The smallest absolute Gasteiger partial charge is 0.497 e. The number of piperidine rings is 1. The van der Waals surface area contributed by atoms with Gasteiger partial charge in [0.25, 0.3) is 0 Å². The number of carbonyl (C=O) groups excluding carboxylic acids is 1. The third kappa shape index (κ3) is 10.1. The molecule has 2 aromatic rings. The van der Waals surface area contributed by atoms with E-state index in [0.29, 0.717) is 39.1 Å². The second-order valence-electron chi connectivity index (χ2n) is 12.6. The minimum atomic E-state index is -4.71. The van der Waals surface area contributed by atoms with Crippen molar-refractivity contribution in [1.29, 1.82) is 0 Å². The zero-order chi connectivity index (χ0) is 31.0. The molecule has 0 aromatic heterocycles. The third-order valence-electron chi connectivity index (χ3n) is 8.79. The average Bonchev–Trinajstić information content (AvgIpc) is 2.96. The summed E-state index contributed by atoms with van der Waals surface area (Å²) in [6.07, 6.45) is -1.70. The van der Waals surface area contributed by atoms with E-state index in [0.717, 1.165) is 49.2 Å². The minimum Gasteiger partial charge on any atom is -0.497 e. The number of hydrogen-bond donors (Lipinski definition) is 1. The van der Waals surface area contributed by atoms with Crippen molar-refractivity contribution < 1.29 is 37.3 Å². The number of aliphatic hydroxyl groups is 1. The number of alkyl halides is 3. The number of fused-ring (bicyclic) bond motifs is 1. The molecule has 0 unspecified atom stereocenters. The molecule has 0 aliphatic carbocycles. The summed E-state index contributed by atoms with van der Waals surface area (Å²) >= 11 is 0. The molecule has 0 saturated carbocycles. The van der Waals surface area contributed by atoms with Crippen LogP contribution in [0.25, 0.3) is 0 Å². The Morgan fingerprint density at radius 3 is 2.33 bits per heavy atom. The first-order chi connectivity index (χ1) is 20.4. The van der Waals surface area contributed by atoms with E-state index in [1.807, 2.05) is 43.0 Å². The van der Waals surface area contributed by atoms with Gasteiger partial charge in [-0.15, -0.1) is 13.2 Å². The number of hydrogen-bond acceptors (Lipinski definition) is 6. The number of ether oxygens (including phenoxy) is 3. The summed E-state index contributed by atoms with van der Waals surface area (Å²) < 4.78 is 52.9. The molecular formula is C33H45F3N2O5. The molecule has 7 nitrogen and oxygen atoms in total. The molecule has 10 heteroatoms. The van der Waals surface area contributed by atoms with Crippen LogP contribution in [0.3, 0.4) is 0 Å². The number of rotatable bonds is 7. The van der Waals surface area contributed by atoms with Gasteiger partial charge in [0, 0.05) is 44.6 Å². The van der Waals surface area contributed by atoms with Crippen LogP contribution in [0.4, 0.5) is 13.2 Å². The molecule has 2 aromatic carbocycles. The lowest BCUT2D eigenvalue weighted by Crippen LogP contribution is -2.47. The van der Waals surface area contributed by atoms with Crippen molar-refractivity contribution in [3.05, 3.63) is 59.7 Å². The highest BCUT2D eigenvalue weighted by Gasteiger charge is 2.35. The number of aliphatic hydroxyl groups excluding tert-OH is 1. The van der Waals surface area contributed by atoms with Crippen LogP contribution >= 0.6 is 0 Å². The zero-order valence-electron chi connectivity index (χ0n) is 25.4. The Kier molecular flexibility index (Phi) is 11.4. The molecule has 2 saturated heterocycles. The Hall–Kier alpha value is -2.82. The Morgan fingerprint density at radius 2 is 1.65 bits per heavy atom. The van der Waals surface area contributed by atoms with Crippen molar-refractivity contribution in [1.82, 2.24) is 9.80 Å². The van der Waals surface area contributed by atoms with Gasteiger partial charge in [-0.2, -0.15) is 0 Å². The number of carbonyl (C=O) groups is 1. The Labute approximate surface area is 252 Å². The Balaban J connectivity index is 1.43. The number of halogens is 3. The lowest BCUT2D eigenvalue weighted by Gasteiger charge is -2.39. The van der Waals surface area contributed by atoms with Gasteiger partial charge in [-0.1, -0.05) is 38.1 Å². The standard InChI is InChI=1S/C33H45F3N2O5/c1-32(2)23-42-18-4-5-27-21-37(20-25-8-12-29(13-9-25)43-33(34,35)36)16-15-26(27)19-31(40)38(22-30(32)39)17-14-24-6-10-28(41-3)11-7-24/h6-13,26-27,30,39H,4-5,14-23H2,1-3H3/t26-,27-,30-/m0/s1. The molecule has 0 bridgehead atoms. The predicted molar refractivity (Wildman–Crippen MR) is 158 cm³/mol. The maximum Gasteiger partial charge on any atom is 0.573 e. The molecule has 3 atom stereocenters. The predicted octanol–water partition coefficient (Wildman–Crippen LogP) is 5.69. The van der Waals surface area contributed by atoms with Gasteiger partial charge in [0.15, 0.2) is 0 Å². The first-order valence-electron chi connectivity index (χ1n) is 15.2. The van der Waals surface area contributed by atoms with Gasteiger partial charge in [-0.05, 0) is 79.5 Å². The lowest BCUT2D eigenvalue weighted by atomic mass is 9.80. The molecule has 1 N–H and O–H groups in total. The van der Waals surface area contributed by atoms with Gasteiger partial charge in [0.1, 0.15) is 11.5 Å². The molecule has 2 aliphatic rings. The van der Waals surface area contributed by atoms with Gasteiger partial charge in [-0.25, -0.2) is 0 Å². The topological polar surface area (TPSA) is 71.5 Å². The summed E-state index contributed by atoms with van der Waals surface area (Å²) in [4.78, 5) is 18.0. The van der Waals surface area contributed by atoms with E-state index in [1.54, 1.807) is 19.2 Å². The number of amides is 1. The van der Waals surface area contributed by atoms with Crippen molar-refractivity contribution in [3.63, 3.8) is 0 Å². The fourth-order valence-corrected chi connectivity index (χ4v) is 6.01. The third-order valence-corrected chi connectivity index (χ3v) is 8.79. The van der Waals surface area contributed by atoms with Crippen LogP contribution in [0.5, 0.6) is 11.5 Å². The fraction of sp³-hybridized carbons (Fsp3) is 0.606. The van der Waals surface area contributed by atoms with Crippen LogP contribution in [0.15, 0.2) is 48.5 Å². The van der Waals surface area contributed by atoms with Crippen LogP contribution in [0, 0.1) is 17.3 Å². The molecular weight excluding hydrogens is 561 g/mol. The van der Waals surface area contributed by atoms with Crippen LogP contribution in [-0.4, -0.2) is 79.8 Å². The monoisotopic (exact) mass is 606 g/mol. The normalized spacial score (nSPS) is 24.3. The average molecular weight is 607 g/mol. The van der Waals surface area contributed by atoms with Gasteiger partial charge in [0.05, 0.1) is 19.8 Å². The fourth-order valence-electron chi connectivity index (χ4n) is 6.01. The molecule has 43 heavy (non-hydrogen) atoms. The summed E-state index contributed by atoms with van der Waals surface area (Å²) in [6.45, 7) is 7.93. The first-order valence-corrected chi connectivity index (χ1v) is 15.2. The van der Waals surface area contributed by atoms with Crippen molar-refractivity contribution >= 4 is 5.91 Å². The van der Waals surface area contributed by atoms with E-state index in [-0.39, 0.29) is 30.0 Å².